The van der Waals surface area contributed by atoms with Gasteiger partial charge < -0.3 is 23.9 Å². The number of aromatic nitrogens is 2. The van der Waals surface area contributed by atoms with E-state index in [-0.39, 0.29) is 0 Å². The third-order valence-electron chi connectivity index (χ3n) is 3.10. The normalized spacial score (nSPS) is 11.3. The van der Waals surface area contributed by atoms with Gasteiger partial charge in [-0.1, -0.05) is 12.1 Å². The fourth-order valence-corrected chi connectivity index (χ4v) is 1.98. The van der Waals surface area contributed by atoms with Crippen molar-refractivity contribution in [3.05, 3.63) is 30.1 Å². The molecule has 122 valence electrons. The number of nitrogens with zero attached hydrogens (tertiary/aromatic N) is 1. The Kier molecular flexibility index (Phi) is 7.90. The maximum absolute atomic E-state index is 5.53. The molecule has 22 heavy (non-hydrogen) atoms. The van der Waals surface area contributed by atoms with Gasteiger partial charge in [-0.05, 0) is 12.1 Å². The van der Waals surface area contributed by atoms with Crippen LogP contribution >= 0.6 is 0 Å². The van der Waals surface area contributed by atoms with E-state index in [4.69, 9.17) is 18.9 Å². The van der Waals surface area contributed by atoms with Crippen molar-refractivity contribution in [2.45, 2.75) is 6.42 Å². The Bertz CT molecular complexity index is 497. The highest BCUT2D eigenvalue weighted by molar-refractivity contribution is 5.74. The number of imidazole rings is 1. The number of hydrogen-bond donors (Lipinski definition) is 1. The molecule has 0 aliphatic heterocycles. The summed E-state index contributed by atoms with van der Waals surface area (Å²) in [5.74, 6) is 0.952. The van der Waals surface area contributed by atoms with Crippen molar-refractivity contribution in [2.24, 2.45) is 0 Å². The molecule has 0 unspecified atom stereocenters. The third-order valence-corrected chi connectivity index (χ3v) is 3.10. The second-order valence-corrected chi connectivity index (χ2v) is 4.78. The van der Waals surface area contributed by atoms with Gasteiger partial charge >= 0.3 is 0 Å². The zero-order valence-corrected chi connectivity index (χ0v) is 13.0. The topological polar surface area (TPSA) is 65.6 Å². The Labute approximate surface area is 130 Å². The van der Waals surface area contributed by atoms with E-state index in [1.165, 1.54) is 0 Å². The summed E-state index contributed by atoms with van der Waals surface area (Å²) in [6, 6.07) is 8.00. The molecule has 1 aromatic heterocycles. The Morgan fingerprint density at radius 1 is 0.864 bits per heavy atom. The van der Waals surface area contributed by atoms with Crippen LogP contribution in [-0.4, -0.2) is 63.3 Å². The summed E-state index contributed by atoms with van der Waals surface area (Å²) >= 11 is 0. The van der Waals surface area contributed by atoms with Crippen molar-refractivity contribution < 1.29 is 18.9 Å². The van der Waals surface area contributed by atoms with Gasteiger partial charge in [0.25, 0.3) is 0 Å². The van der Waals surface area contributed by atoms with Crippen molar-refractivity contribution in [1.82, 2.24) is 9.97 Å². The van der Waals surface area contributed by atoms with Crippen LogP contribution in [0.4, 0.5) is 0 Å². The van der Waals surface area contributed by atoms with E-state index in [2.05, 4.69) is 9.97 Å². The maximum Gasteiger partial charge on any atom is 0.109 e. The van der Waals surface area contributed by atoms with Crippen molar-refractivity contribution in [1.29, 1.82) is 0 Å². The van der Waals surface area contributed by atoms with E-state index in [0.717, 1.165) is 23.3 Å². The van der Waals surface area contributed by atoms with Gasteiger partial charge in [-0.2, -0.15) is 0 Å². The molecular formula is C16H24N2O4. The van der Waals surface area contributed by atoms with Crippen molar-refractivity contribution in [3.8, 4) is 0 Å². The van der Waals surface area contributed by atoms with Gasteiger partial charge in [-0.3, -0.25) is 0 Å². The summed E-state index contributed by atoms with van der Waals surface area (Å²) in [6.45, 7) is 4.18. The van der Waals surface area contributed by atoms with Gasteiger partial charge in [0.15, 0.2) is 0 Å². The van der Waals surface area contributed by atoms with Gasteiger partial charge in [-0.25, -0.2) is 4.98 Å². The van der Waals surface area contributed by atoms with Crippen molar-refractivity contribution in [2.75, 3.05) is 53.4 Å². The first-order valence-electron chi connectivity index (χ1n) is 7.56. The lowest BCUT2D eigenvalue weighted by Crippen LogP contribution is -2.12. The van der Waals surface area contributed by atoms with Crippen LogP contribution < -0.4 is 0 Å². The summed E-state index contributed by atoms with van der Waals surface area (Å²) < 4.78 is 21.1. The Morgan fingerprint density at radius 3 is 2.18 bits per heavy atom. The first-order chi connectivity index (χ1) is 10.9. The molecule has 1 N–H and O–H groups in total. The molecular weight excluding hydrogens is 284 g/mol. The zero-order valence-electron chi connectivity index (χ0n) is 13.0. The van der Waals surface area contributed by atoms with Gasteiger partial charge in [0, 0.05) is 13.5 Å². The quantitative estimate of drug-likeness (QED) is 0.606. The molecule has 0 saturated carbocycles. The molecule has 2 aromatic rings. The van der Waals surface area contributed by atoms with Crippen molar-refractivity contribution >= 4 is 11.0 Å². The molecule has 2 rings (SSSR count). The number of para-hydroxylation sites is 2. The molecule has 0 radical (unpaired) electrons. The highest BCUT2D eigenvalue weighted by Crippen LogP contribution is 2.10. The number of fused-ring (bicyclic) bond motifs is 1. The average Bonchev–Trinajstić information content (AvgIpc) is 2.95. The molecule has 0 saturated heterocycles. The number of aromatic amines is 1. The van der Waals surface area contributed by atoms with Crippen LogP contribution in [0.25, 0.3) is 11.0 Å². The summed E-state index contributed by atoms with van der Waals surface area (Å²) in [5, 5.41) is 0. The predicted molar refractivity (Wildman–Crippen MR) is 84.1 cm³/mol. The third kappa shape index (κ3) is 6.11. The number of hydrogen-bond acceptors (Lipinski definition) is 5. The Morgan fingerprint density at radius 2 is 1.50 bits per heavy atom. The highest BCUT2D eigenvalue weighted by atomic mass is 16.6. The number of nitrogens with one attached hydrogen (secondary N) is 1. The number of rotatable bonds is 12. The Balaban J connectivity index is 1.46. The first-order valence-corrected chi connectivity index (χ1v) is 7.56. The molecule has 6 nitrogen and oxygen atoms in total. The molecule has 0 bridgehead atoms. The monoisotopic (exact) mass is 308 g/mol. The minimum atomic E-state index is 0.577. The largest absolute Gasteiger partial charge is 0.382 e. The number of benzene rings is 1. The standard InChI is InChI=1S/C16H24N2O4/c1-19-8-9-21-12-13-22-11-10-20-7-6-16-17-14-4-2-3-5-15(14)18-16/h2-5H,6-13H2,1H3,(H,17,18). The van der Waals surface area contributed by atoms with Crippen LogP contribution in [0.2, 0.25) is 0 Å². The second-order valence-electron chi connectivity index (χ2n) is 4.78. The predicted octanol–water partition coefficient (Wildman–Crippen LogP) is 1.80. The van der Waals surface area contributed by atoms with Crippen LogP contribution in [0.1, 0.15) is 5.82 Å². The zero-order chi connectivity index (χ0) is 15.5. The smallest absolute Gasteiger partial charge is 0.109 e. The number of methoxy groups -OCH3 is 1. The summed E-state index contributed by atoms with van der Waals surface area (Å²) in [4.78, 5) is 7.78. The fraction of sp³-hybridized carbons (Fsp3) is 0.562. The molecule has 1 aromatic carbocycles. The van der Waals surface area contributed by atoms with E-state index in [0.29, 0.717) is 46.2 Å². The first kappa shape index (κ1) is 16.9. The molecule has 0 atom stereocenters. The number of H-pyrrole nitrogens is 1. The molecule has 0 amide bonds. The molecule has 0 aliphatic rings. The minimum Gasteiger partial charge on any atom is -0.382 e. The molecule has 0 fully saturated rings. The minimum absolute atomic E-state index is 0.577. The van der Waals surface area contributed by atoms with Gasteiger partial charge in [0.2, 0.25) is 0 Å². The second kappa shape index (κ2) is 10.3. The van der Waals surface area contributed by atoms with Crippen LogP contribution in [0.3, 0.4) is 0 Å². The van der Waals surface area contributed by atoms with E-state index < -0.39 is 0 Å². The van der Waals surface area contributed by atoms with Crippen LogP contribution in [0, 0.1) is 0 Å². The van der Waals surface area contributed by atoms with Crippen molar-refractivity contribution in [3.63, 3.8) is 0 Å². The maximum atomic E-state index is 5.53. The average molecular weight is 308 g/mol. The summed E-state index contributed by atoms with van der Waals surface area (Å²) in [5.41, 5.74) is 2.06. The van der Waals surface area contributed by atoms with E-state index in [9.17, 15) is 0 Å². The lowest BCUT2D eigenvalue weighted by Gasteiger charge is -2.06. The van der Waals surface area contributed by atoms with Crippen LogP contribution in [-0.2, 0) is 25.4 Å². The lowest BCUT2D eigenvalue weighted by atomic mass is 10.3. The van der Waals surface area contributed by atoms with Crippen LogP contribution in [0.15, 0.2) is 24.3 Å². The van der Waals surface area contributed by atoms with Gasteiger partial charge in [-0.15, -0.1) is 0 Å². The van der Waals surface area contributed by atoms with E-state index in [1.807, 2.05) is 24.3 Å². The fourth-order valence-electron chi connectivity index (χ4n) is 1.98. The summed E-state index contributed by atoms with van der Waals surface area (Å²) in [7, 11) is 1.66. The van der Waals surface area contributed by atoms with Gasteiger partial charge in [0.1, 0.15) is 5.82 Å². The van der Waals surface area contributed by atoms with E-state index in [1.54, 1.807) is 7.11 Å². The van der Waals surface area contributed by atoms with Crippen LogP contribution in [0.5, 0.6) is 0 Å². The summed E-state index contributed by atoms with van der Waals surface area (Å²) in [6.07, 6.45) is 0.773. The molecule has 6 heteroatoms. The van der Waals surface area contributed by atoms with E-state index >= 15 is 0 Å². The highest BCUT2D eigenvalue weighted by Gasteiger charge is 2.01. The molecule has 0 spiro atoms. The van der Waals surface area contributed by atoms with Gasteiger partial charge in [0.05, 0.1) is 57.3 Å². The molecule has 1 heterocycles. The number of ether oxygens (including phenoxy) is 4. The lowest BCUT2D eigenvalue weighted by molar-refractivity contribution is 0.00395. The molecule has 0 aliphatic carbocycles. The SMILES string of the molecule is COCCOCCOCCOCCc1nc2ccccc2[nH]1. The Hall–Kier alpha value is -1.47.